The van der Waals surface area contributed by atoms with Crippen LogP contribution >= 0.6 is 0 Å². The summed E-state index contributed by atoms with van der Waals surface area (Å²) < 4.78 is 0. The first-order chi connectivity index (χ1) is 11.6. The van der Waals surface area contributed by atoms with Gasteiger partial charge in [0.1, 0.15) is 0 Å². The number of benzene rings is 1. The van der Waals surface area contributed by atoms with Crippen molar-refractivity contribution in [1.29, 1.82) is 0 Å². The van der Waals surface area contributed by atoms with E-state index in [9.17, 15) is 4.79 Å². The summed E-state index contributed by atoms with van der Waals surface area (Å²) in [7, 11) is 1.91. The number of amides is 1. The average Bonchev–Trinajstić information content (AvgIpc) is 2.91. The average molecular weight is 327 g/mol. The highest BCUT2D eigenvalue weighted by Crippen LogP contribution is 2.23. The monoisotopic (exact) mass is 327 g/mol. The summed E-state index contributed by atoms with van der Waals surface area (Å²) in [6, 6.07) is 8.89. The maximum absolute atomic E-state index is 12.7. The Morgan fingerprint density at radius 3 is 2.88 bits per heavy atom. The van der Waals surface area contributed by atoms with Gasteiger partial charge in [-0.15, -0.1) is 0 Å². The standard InChI is InChI=1S/C20H29N3O/c1-4-16-9-7-8-12-23(16)14-20(24)22(3)13-19-15(2)17-10-5-6-11-18(17)21-19/h5-6,10-11,16,21H,4,7-9,12-14H2,1-3H3/t16-/m1/s1. The number of carbonyl (C=O) groups excluding carboxylic acids is 1. The van der Waals surface area contributed by atoms with E-state index in [1.807, 2.05) is 18.0 Å². The minimum atomic E-state index is 0.216. The number of aryl methyl sites for hydroxylation is 1. The van der Waals surface area contributed by atoms with Gasteiger partial charge in [0.25, 0.3) is 0 Å². The first-order valence-electron chi connectivity index (χ1n) is 9.14. The molecular formula is C20H29N3O. The van der Waals surface area contributed by atoms with Gasteiger partial charge >= 0.3 is 0 Å². The molecule has 2 aromatic rings. The van der Waals surface area contributed by atoms with E-state index >= 15 is 0 Å². The molecule has 0 spiro atoms. The van der Waals surface area contributed by atoms with Crippen LogP contribution in [-0.2, 0) is 11.3 Å². The van der Waals surface area contributed by atoms with Crippen molar-refractivity contribution in [3.63, 3.8) is 0 Å². The zero-order chi connectivity index (χ0) is 17.1. The van der Waals surface area contributed by atoms with Crippen LogP contribution in [0.25, 0.3) is 10.9 Å². The summed E-state index contributed by atoms with van der Waals surface area (Å²) in [6.07, 6.45) is 4.88. The lowest BCUT2D eigenvalue weighted by Crippen LogP contribution is -2.45. The summed E-state index contributed by atoms with van der Waals surface area (Å²) in [4.78, 5) is 20.4. The number of likely N-dealkylation sites (tertiary alicyclic amines) is 1. The van der Waals surface area contributed by atoms with E-state index in [-0.39, 0.29) is 5.91 Å². The Balaban J connectivity index is 1.66. The molecule has 0 radical (unpaired) electrons. The molecule has 0 unspecified atom stereocenters. The van der Waals surface area contributed by atoms with Crippen LogP contribution in [0, 0.1) is 6.92 Å². The van der Waals surface area contributed by atoms with Crippen LogP contribution in [0.4, 0.5) is 0 Å². The van der Waals surface area contributed by atoms with Crippen LogP contribution in [0.5, 0.6) is 0 Å². The van der Waals surface area contributed by atoms with E-state index in [0.29, 0.717) is 19.1 Å². The van der Waals surface area contributed by atoms with E-state index in [4.69, 9.17) is 0 Å². The fourth-order valence-electron chi connectivity index (χ4n) is 3.85. The number of piperidine rings is 1. The summed E-state index contributed by atoms with van der Waals surface area (Å²) >= 11 is 0. The number of hydrogen-bond donors (Lipinski definition) is 1. The molecule has 1 atom stereocenters. The molecule has 1 aliphatic heterocycles. The second-order valence-corrected chi connectivity index (χ2v) is 7.05. The SMILES string of the molecule is CC[C@@H]1CCCCN1CC(=O)N(C)Cc1[nH]c2ccccc2c1C. The van der Waals surface area contributed by atoms with Gasteiger partial charge in [-0.25, -0.2) is 0 Å². The highest BCUT2D eigenvalue weighted by Gasteiger charge is 2.24. The number of likely N-dealkylation sites (N-methyl/N-ethyl adjacent to an activating group) is 1. The molecule has 1 aromatic carbocycles. The summed E-state index contributed by atoms with van der Waals surface area (Å²) in [5, 5.41) is 1.25. The molecular weight excluding hydrogens is 298 g/mol. The van der Waals surface area contributed by atoms with Gasteiger partial charge in [-0.1, -0.05) is 31.5 Å². The number of carbonyl (C=O) groups is 1. The Morgan fingerprint density at radius 1 is 1.33 bits per heavy atom. The number of hydrogen-bond acceptors (Lipinski definition) is 2. The van der Waals surface area contributed by atoms with Crippen molar-refractivity contribution in [3.05, 3.63) is 35.5 Å². The van der Waals surface area contributed by atoms with Crippen LogP contribution in [0.3, 0.4) is 0 Å². The first kappa shape index (κ1) is 17.0. The van der Waals surface area contributed by atoms with E-state index in [1.54, 1.807) is 0 Å². The van der Waals surface area contributed by atoms with Crippen LogP contribution < -0.4 is 0 Å². The van der Waals surface area contributed by atoms with Gasteiger partial charge in [-0.05, 0) is 44.4 Å². The molecule has 0 aliphatic carbocycles. The fourth-order valence-corrected chi connectivity index (χ4v) is 3.85. The van der Waals surface area contributed by atoms with Crippen molar-refractivity contribution >= 4 is 16.8 Å². The van der Waals surface area contributed by atoms with Gasteiger partial charge in [0.05, 0.1) is 13.1 Å². The Labute approximate surface area is 144 Å². The van der Waals surface area contributed by atoms with Gasteiger partial charge in [-0.2, -0.15) is 0 Å². The van der Waals surface area contributed by atoms with E-state index < -0.39 is 0 Å². The van der Waals surface area contributed by atoms with E-state index in [2.05, 4.69) is 41.9 Å². The first-order valence-corrected chi connectivity index (χ1v) is 9.14. The molecule has 1 fully saturated rings. The van der Waals surface area contributed by atoms with Crippen LogP contribution in [-0.4, -0.2) is 46.9 Å². The van der Waals surface area contributed by atoms with Crippen molar-refractivity contribution in [1.82, 2.24) is 14.8 Å². The van der Waals surface area contributed by atoms with Crippen molar-refractivity contribution in [2.75, 3.05) is 20.1 Å². The summed E-state index contributed by atoms with van der Waals surface area (Å²) in [5.41, 5.74) is 3.53. The highest BCUT2D eigenvalue weighted by atomic mass is 16.2. The molecule has 3 rings (SSSR count). The van der Waals surface area contributed by atoms with Gasteiger partial charge in [0.2, 0.25) is 5.91 Å². The lowest BCUT2D eigenvalue weighted by Gasteiger charge is -2.35. The maximum Gasteiger partial charge on any atom is 0.236 e. The molecule has 1 aliphatic rings. The van der Waals surface area contributed by atoms with E-state index in [0.717, 1.165) is 24.2 Å². The van der Waals surface area contributed by atoms with Crippen LogP contribution in [0.15, 0.2) is 24.3 Å². The Morgan fingerprint density at radius 2 is 2.12 bits per heavy atom. The number of rotatable bonds is 5. The van der Waals surface area contributed by atoms with Crippen molar-refractivity contribution < 1.29 is 4.79 Å². The van der Waals surface area contributed by atoms with Crippen molar-refractivity contribution in [3.8, 4) is 0 Å². The molecule has 0 bridgehead atoms. The van der Waals surface area contributed by atoms with Crippen molar-refractivity contribution in [2.24, 2.45) is 0 Å². The smallest absolute Gasteiger partial charge is 0.236 e. The zero-order valence-electron chi connectivity index (χ0n) is 15.1. The lowest BCUT2D eigenvalue weighted by atomic mass is 10.00. The number of H-pyrrole nitrogens is 1. The van der Waals surface area contributed by atoms with Gasteiger partial charge < -0.3 is 9.88 Å². The van der Waals surface area contributed by atoms with Gasteiger partial charge in [-0.3, -0.25) is 9.69 Å². The molecule has 130 valence electrons. The van der Waals surface area contributed by atoms with Crippen LogP contribution in [0.2, 0.25) is 0 Å². The number of aromatic nitrogens is 1. The molecule has 1 saturated heterocycles. The number of aromatic amines is 1. The summed E-state index contributed by atoms with van der Waals surface area (Å²) in [6.45, 7) is 6.61. The molecule has 4 nitrogen and oxygen atoms in total. The molecule has 1 aromatic heterocycles. The Kier molecular flexibility index (Phi) is 5.24. The van der Waals surface area contributed by atoms with Gasteiger partial charge in [0, 0.05) is 29.7 Å². The number of nitrogens with zero attached hydrogens (tertiary/aromatic N) is 2. The Hall–Kier alpha value is -1.81. The van der Waals surface area contributed by atoms with Crippen molar-refractivity contribution in [2.45, 2.75) is 52.1 Å². The number of para-hydroxylation sites is 1. The molecule has 4 heteroatoms. The van der Waals surface area contributed by atoms with Crippen LogP contribution in [0.1, 0.15) is 43.9 Å². The predicted octanol–water partition coefficient (Wildman–Crippen LogP) is 3.70. The number of fused-ring (bicyclic) bond motifs is 1. The molecule has 0 saturated carbocycles. The minimum absolute atomic E-state index is 0.216. The molecule has 1 amide bonds. The zero-order valence-corrected chi connectivity index (χ0v) is 15.1. The lowest BCUT2D eigenvalue weighted by molar-refractivity contribution is -0.132. The third-order valence-corrected chi connectivity index (χ3v) is 5.45. The highest BCUT2D eigenvalue weighted by molar-refractivity contribution is 5.84. The Bertz CT molecular complexity index is 706. The maximum atomic E-state index is 12.7. The molecule has 1 N–H and O–H groups in total. The molecule has 2 heterocycles. The topological polar surface area (TPSA) is 39.3 Å². The quantitative estimate of drug-likeness (QED) is 0.909. The third kappa shape index (κ3) is 3.48. The largest absolute Gasteiger partial charge is 0.357 e. The second-order valence-electron chi connectivity index (χ2n) is 7.05. The normalized spacial score (nSPS) is 18.9. The summed E-state index contributed by atoms with van der Waals surface area (Å²) in [5.74, 6) is 0.216. The minimum Gasteiger partial charge on any atom is -0.357 e. The van der Waals surface area contributed by atoms with E-state index in [1.165, 1.54) is 30.2 Å². The predicted molar refractivity (Wildman–Crippen MR) is 99.0 cm³/mol. The number of nitrogens with one attached hydrogen (secondary N) is 1. The second kappa shape index (κ2) is 7.39. The third-order valence-electron chi connectivity index (χ3n) is 5.45. The molecule has 24 heavy (non-hydrogen) atoms. The van der Waals surface area contributed by atoms with Gasteiger partial charge in [0.15, 0.2) is 0 Å². The fraction of sp³-hybridized carbons (Fsp3) is 0.550.